The van der Waals surface area contributed by atoms with Gasteiger partial charge in [0.25, 0.3) is 11.8 Å². The van der Waals surface area contributed by atoms with E-state index in [0.29, 0.717) is 22.7 Å². The predicted octanol–water partition coefficient (Wildman–Crippen LogP) is 0.287. The van der Waals surface area contributed by atoms with Crippen molar-refractivity contribution in [2.45, 2.75) is 24.9 Å². The first-order valence-electron chi connectivity index (χ1n) is 11.7. The maximum absolute atomic E-state index is 13.3. The lowest BCUT2D eigenvalue weighted by atomic mass is 10.0. The number of thiazole rings is 1. The number of carboxylic acid groups (broad SMARTS) is 1. The molecular formula is C22H21N9O7S3. The highest BCUT2D eigenvalue weighted by atomic mass is 32.2. The van der Waals surface area contributed by atoms with Crippen LogP contribution in [0.25, 0.3) is 0 Å². The van der Waals surface area contributed by atoms with Crippen LogP contribution in [0.4, 0.5) is 5.13 Å². The number of aryl methyl sites for hydroxylation is 1. The highest BCUT2D eigenvalue weighted by Crippen LogP contribution is 2.41. The predicted molar refractivity (Wildman–Crippen MR) is 148 cm³/mol. The number of anilines is 1. The first-order chi connectivity index (χ1) is 19.6. The fraction of sp³-hybridized carbons (Fsp3) is 0.273. The van der Waals surface area contributed by atoms with Crippen LogP contribution in [0.1, 0.15) is 17.1 Å². The molecule has 214 valence electrons. The summed E-state index contributed by atoms with van der Waals surface area (Å²) in [7, 11) is 0. The van der Waals surface area contributed by atoms with Crippen molar-refractivity contribution in [2.24, 2.45) is 5.16 Å². The average molecular weight is 620 g/mol. The number of phenolic OH excluding ortho intramolecular Hbond substituents is 2. The van der Waals surface area contributed by atoms with Gasteiger partial charge in [0.15, 0.2) is 28.2 Å². The third-order valence-corrected chi connectivity index (χ3v) is 8.67. The van der Waals surface area contributed by atoms with Crippen molar-refractivity contribution in [3.8, 4) is 11.5 Å². The first-order valence-corrected chi connectivity index (χ1v) is 14.5. The highest BCUT2D eigenvalue weighted by molar-refractivity contribution is 8.00. The molecule has 2 atom stereocenters. The van der Waals surface area contributed by atoms with Gasteiger partial charge in [-0.1, -0.05) is 11.2 Å². The molecule has 1 fully saturated rings. The largest absolute Gasteiger partial charge is 0.504 e. The van der Waals surface area contributed by atoms with Crippen molar-refractivity contribution in [3.05, 3.63) is 51.9 Å². The van der Waals surface area contributed by atoms with Crippen molar-refractivity contribution >= 4 is 63.7 Å². The molecule has 41 heavy (non-hydrogen) atoms. The monoisotopic (exact) mass is 619 g/mol. The molecule has 3 aromatic rings. The van der Waals surface area contributed by atoms with Gasteiger partial charge < -0.3 is 31.2 Å². The second-order valence-corrected chi connectivity index (χ2v) is 11.5. The van der Waals surface area contributed by atoms with Gasteiger partial charge in [-0.15, -0.1) is 37.5 Å². The highest BCUT2D eigenvalue weighted by Gasteiger charge is 2.54. The molecule has 1 unspecified atom stereocenters. The summed E-state index contributed by atoms with van der Waals surface area (Å²) in [5.74, 6) is -2.30. The van der Waals surface area contributed by atoms with Gasteiger partial charge in [0.05, 0.1) is 0 Å². The Morgan fingerprint density at radius 3 is 2.78 bits per heavy atom. The van der Waals surface area contributed by atoms with E-state index in [2.05, 4.69) is 30.9 Å². The summed E-state index contributed by atoms with van der Waals surface area (Å²) in [5.41, 5.74) is 6.40. The summed E-state index contributed by atoms with van der Waals surface area (Å²) in [5, 5.41) is 48.2. The minimum absolute atomic E-state index is 0.112. The Morgan fingerprint density at radius 1 is 1.32 bits per heavy atom. The second-order valence-electron chi connectivity index (χ2n) is 8.59. The zero-order chi connectivity index (χ0) is 29.3. The quantitative estimate of drug-likeness (QED) is 0.0889. The molecule has 19 heteroatoms. The van der Waals surface area contributed by atoms with Gasteiger partial charge >= 0.3 is 5.97 Å². The van der Waals surface area contributed by atoms with E-state index in [1.807, 2.05) is 0 Å². The van der Waals surface area contributed by atoms with Crippen LogP contribution < -0.4 is 11.1 Å². The number of nitrogen functional groups attached to an aromatic ring is 1. The third-order valence-electron chi connectivity index (χ3n) is 5.79. The maximum atomic E-state index is 13.3. The Bertz CT molecular complexity index is 1590. The van der Waals surface area contributed by atoms with Crippen LogP contribution in [0, 0.1) is 6.92 Å². The number of β-lactam (4-membered cyclic amide) rings is 1. The number of phenols is 2. The van der Waals surface area contributed by atoms with Crippen molar-refractivity contribution in [2.75, 3.05) is 17.2 Å². The SMILES string of the molecule is Cc1nnn(SCC2=C(C(=O)O)N3C(=O)C(NC(=O)/C(=N\OCc4ccc(O)c(O)c4)c4csc(N)n4)[C@H]3SC2)n1. The Hall–Kier alpha value is -4.36. The van der Waals surface area contributed by atoms with E-state index in [9.17, 15) is 29.7 Å². The molecule has 1 saturated heterocycles. The van der Waals surface area contributed by atoms with Gasteiger partial charge in [-0.3, -0.25) is 14.5 Å². The number of rotatable bonds is 10. The Kier molecular flexibility index (Phi) is 7.99. The Balaban J connectivity index is 1.29. The van der Waals surface area contributed by atoms with Crippen LogP contribution in [0.3, 0.4) is 0 Å². The lowest BCUT2D eigenvalue weighted by Gasteiger charge is -2.49. The van der Waals surface area contributed by atoms with E-state index in [0.717, 1.165) is 28.2 Å². The number of fused-ring (bicyclic) bond motifs is 1. The van der Waals surface area contributed by atoms with E-state index in [4.69, 9.17) is 10.6 Å². The smallest absolute Gasteiger partial charge is 0.352 e. The summed E-state index contributed by atoms with van der Waals surface area (Å²) >= 11 is 3.52. The normalized spacial score (nSPS) is 18.6. The van der Waals surface area contributed by atoms with E-state index in [1.54, 1.807) is 6.92 Å². The number of thioether (sulfide) groups is 1. The summed E-state index contributed by atoms with van der Waals surface area (Å²) in [6.07, 6.45) is 0. The number of aliphatic carboxylic acids is 1. The number of oxime groups is 1. The molecule has 0 saturated carbocycles. The lowest BCUT2D eigenvalue weighted by Crippen LogP contribution is -2.71. The number of carbonyl (C=O) groups excluding carboxylic acids is 2. The van der Waals surface area contributed by atoms with Crippen molar-refractivity contribution in [3.63, 3.8) is 0 Å². The number of carbonyl (C=O) groups is 3. The minimum Gasteiger partial charge on any atom is -0.504 e. The molecule has 0 spiro atoms. The number of hydrogen-bond donors (Lipinski definition) is 5. The molecule has 5 rings (SSSR count). The van der Waals surface area contributed by atoms with Gasteiger partial charge in [0, 0.05) is 28.8 Å². The molecule has 2 aliphatic rings. The number of nitrogens with one attached hydrogen (secondary N) is 1. The molecular weight excluding hydrogens is 598 g/mol. The number of aromatic nitrogens is 5. The molecule has 16 nitrogen and oxygen atoms in total. The minimum atomic E-state index is -1.26. The average Bonchev–Trinajstić information content (AvgIpc) is 3.57. The number of carboxylic acids is 1. The van der Waals surface area contributed by atoms with Crippen molar-refractivity contribution < 1.29 is 34.5 Å². The number of hydrogen-bond acceptors (Lipinski definition) is 15. The lowest BCUT2D eigenvalue weighted by molar-refractivity contribution is -0.150. The zero-order valence-electron chi connectivity index (χ0n) is 21.0. The molecule has 6 N–H and O–H groups in total. The number of benzene rings is 1. The third kappa shape index (κ3) is 5.91. The standard InChI is InChI=1S/C22H21N9O7S3/c1-9-26-29-31(27-9)41-7-11-6-39-20-16(19(35)30(20)17(11)21(36)37)25-18(34)15(12-8-40-22(23)24-12)28-38-5-10-2-3-13(32)14(33)4-10/h2-4,8,16,20,32-33H,5-7H2,1H3,(H2,23,24)(H,25,34)(H,36,37)/b28-15-/t16?,20-/m1/s1. The van der Waals surface area contributed by atoms with Crippen LogP contribution in [-0.4, -0.2) is 91.2 Å². The fourth-order valence-electron chi connectivity index (χ4n) is 3.89. The van der Waals surface area contributed by atoms with Crippen molar-refractivity contribution in [1.82, 2.24) is 34.8 Å². The molecule has 0 aliphatic carbocycles. The number of amides is 2. The number of nitrogens with zero attached hydrogens (tertiary/aromatic N) is 7. The van der Waals surface area contributed by atoms with Gasteiger partial charge in [0.2, 0.25) is 0 Å². The molecule has 1 aromatic carbocycles. The molecule has 2 amide bonds. The second kappa shape index (κ2) is 11.6. The maximum Gasteiger partial charge on any atom is 0.352 e. The van der Waals surface area contributed by atoms with E-state index >= 15 is 0 Å². The Labute approximate surface area is 243 Å². The first kappa shape index (κ1) is 28.2. The fourth-order valence-corrected chi connectivity index (χ4v) is 6.69. The number of aromatic hydroxyl groups is 2. The van der Waals surface area contributed by atoms with Crippen molar-refractivity contribution in [1.29, 1.82) is 0 Å². The van der Waals surface area contributed by atoms with Crippen LogP contribution >= 0.6 is 35.0 Å². The van der Waals surface area contributed by atoms with Gasteiger partial charge in [0.1, 0.15) is 29.4 Å². The molecule has 0 radical (unpaired) electrons. The van der Waals surface area contributed by atoms with Gasteiger partial charge in [-0.2, -0.15) is 0 Å². The van der Waals surface area contributed by atoms with Crippen LogP contribution in [-0.2, 0) is 25.8 Å². The van der Waals surface area contributed by atoms with E-state index in [-0.39, 0.29) is 46.1 Å². The summed E-state index contributed by atoms with van der Waals surface area (Å²) in [6, 6.07) is 3.03. The number of tetrazole rings is 1. The zero-order valence-corrected chi connectivity index (χ0v) is 23.4. The van der Waals surface area contributed by atoms with E-state index < -0.39 is 29.2 Å². The van der Waals surface area contributed by atoms with E-state index in [1.165, 1.54) is 39.5 Å². The molecule has 2 aliphatic heterocycles. The molecule has 0 bridgehead atoms. The summed E-state index contributed by atoms with van der Waals surface area (Å²) in [6.45, 7) is 1.52. The van der Waals surface area contributed by atoms with Crippen LogP contribution in [0.2, 0.25) is 0 Å². The molecule has 2 aromatic heterocycles. The Morgan fingerprint density at radius 2 is 2.12 bits per heavy atom. The molecule has 4 heterocycles. The van der Waals surface area contributed by atoms with Crippen LogP contribution in [0.5, 0.6) is 11.5 Å². The number of nitrogens with two attached hydrogens (primary N) is 1. The van der Waals surface area contributed by atoms with Gasteiger partial charge in [-0.05, 0) is 35.4 Å². The topological polar surface area (TPSA) is 231 Å². The van der Waals surface area contributed by atoms with Crippen LogP contribution in [0.15, 0.2) is 40.0 Å². The van der Waals surface area contributed by atoms with Gasteiger partial charge in [-0.25, -0.2) is 9.78 Å². The summed E-state index contributed by atoms with van der Waals surface area (Å²) < 4.78 is 1.28. The summed E-state index contributed by atoms with van der Waals surface area (Å²) in [4.78, 5) is 49.0.